The molecule has 1 amide bonds. The average molecular weight is 421 g/mol. The van der Waals surface area contributed by atoms with Crippen LogP contribution in [0.2, 0.25) is 0 Å². The molecular formula is C21H26Cl2N4O. The standard InChI is InChI=1S/C21H26Cl2N4O/c1-3-18-17(14-16-8-5-4-6-9-16)20(25-15(2)24-18)26-10-7-11-27(13-12-26)21(28)19(22)23/h4-6,8-9,19H,3,7,10-14H2,1-2H3. The average Bonchev–Trinajstić information content (AvgIpc) is 2.95. The maximum absolute atomic E-state index is 12.2. The lowest BCUT2D eigenvalue weighted by molar-refractivity contribution is -0.129. The van der Waals surface area contributed by atoms with E-state index in [1.807, 2.05) is 13.0 Å². The molecule has 1 aliphatic heterocycles. The Bertz CT molecular complexity index is 814. The second-order valence-corrected chi connectivity index (χ2v) is 8.10. The first kappa shape index (κ1) is 20.9. The number of aromatic nitrogens is 2. The zero-order valence-corrected chi connectivity index (χ0v) is 17.9. The summed E-state index contributed by atoms with van der Waals surface area (Å²) in [6, 6.07) is 10.4. The van der Waals surface area contributed by atoms with Gasteiger partial charge in [-0.05, 0) is 25.3 Å². The highest BCUT2D eigenvalue weighted by molar-refractivity contribution is 6.53. The van der Waals surface area contributed by atoms with Gasteiger partial charge in [-0.2, -0.15) is 0 Å². The summed E-state index contributed by atoms with van der Waals surface area (Å²) in [7, 11) is 0. The Morgan fingerprint density at radius 2 is 1.86 bits per heavy atom. The number of carbonyl (C=O) groups is 1. The fourth-order valence-electron chi connectivity index (χ4n) is 3.66. The van der Waals surface area contributed by atoms with Gasteiger partial charge < -0.3 is 9.80 Å². The van der Waals surface area contributed by atoms with Crippen LogP contribution in [-0.2, 0) is 17.6 Å². The summed E-state index contributed by atoms with van der Waals surface area (Å²) >= 11 is 11.6. The molecule has 2 aromatic rings. The third-order valence-corrected chi connectivity index (χ3v) is 5.41. The third kappa shape index (κ3) is 4.95. The number of aryl methyl sites for hydroxylation is 2. The molecule has 0 bridgehead atoms. The third-order valence-electron chi connectivity index (χ3n) is 5.04. The molecular weight excluding hydrogens is 395 g/mol. The van der Waals surface area contributed by atoms with Crippen LogP contribution in [-0.4, -0.2) is 51.8 Å². The van der Waals surface area contributed by atoms with Crippen LogP contribution in [0.25, 0.3) is 0 Å². The molecule has 0 spiro atoms. The maximum atomic E-state index is 12.2. The van der Waals surface area contributed by atoms with Gasteiger partial charge in [0.1, 0.15) is 11.6 Å². The number of benzene rings is 1. The minimum Gasteiger partial charge on any atom is -0.354 e. The van der Waals surface area contributed by atoms with Crippen LogP contribution >= 0.6 is 23.2 Å². The zero-order chi connectivity index (χ0) is 20.1. The number of halogens is 2. The molecule has 3 rings (SSSR count). The summed E-state index contributed by atoms with van der Waals surface area (Å²) in [5.74, 6) is 1.54. The molecule has 1 fully saturated rings. The molecule has 2 heterocycles. The van der Waals surface area contributed by atoms with Gasteiger partial charge in [-0.15, -0.1) is 0 Å². The largest absolute Gasteiger partial charge is 0.354 e. The summed E-state index contributed by atoms with van der Waals surface area (Å²) in [5.41, 5.74) is 3.50. The zero-order valence-electron chi connectivity index (χ0n) is 16.4. The molecule has 0 N–H and O–H groups in total. The van der Waals surface area contributed by atoms with Crippen LogP contribution in [0.5, 0.6) is 0 Å². The summed E-state index contributed by atoms with van der Waals surface area (Å²) in [5, 5.41) is 0. The van der Waals surface area contributed by atoms with Gasteiger partial charge in [-0.3, -0.25) is 4.79 Å². The van der Waals surface area contributed by atoms with E-state index >= 15 is 0 Å². The fourth-order valence-corrected chi connectivity index (χ4v) is 3.94. The number of hydrogen-bond donors (Lipinski definition) is 0. The van der Waals surface area contributed by atoms with Crippen molar-refractivity contribution in [3.63, 3.8) is 0 Å². The van der Waals surface area contributed by atoms with Gasteiger partial charge in [-0.1, -0.05) is 60.5 Å². The van der Waals surface area contributed by atoms with Gasteiger partial charge in [0.25, 0.3) is 5.91 Å². The van der Waals surface area contributed by atoms with Crippen molar-refractivity contribution >= 4 is 34.9 Å². The molecule has 28 heavy (non-hydrogen) atoms. The Hall–Kier alpha value is -1.85. The Kier molecular flexibility index (Phi) is 7.13. The number of alkyl halides is 2. The molecule has 1 aromatic carbocycles. The molecule has 7 heteroatoms. The normalized spacial score (nSPS) is 15.0. The lowest BCUT2D eigenvalue weighted by atomic mass is 10.0. The molecule has 1 aliphatic rings. The number of carbonyl (C=O) groups excluding carboxylic acids is 1. The van der Waals surface area contributed by atoms with E-state index in [0.29, 0.717) is 19.6 Å². The van der Waals surface area contributed by atoms with Crippen molar-refractivity contribution in [2.75, 3.05) is 31.1 Å². The number of anilines is 1. The summed E-state index contributed by atoms with van der Waals surface area (Å²) in [6.45, 7) is 6.85. The number of nitrogens with zero attached hydrogens (tertiary/aromatic N) is 4. The van der Waals surface area contributed by atoms with E-state index in [0.717, 1.165) is 43.1 Å². The second-order valence-electron chi connectivity index (χ2n) is 7.00. The summed E-state index contributed by atoms with van der Waals surface area (Å²) < 4.78 is 0. The van der Waals surface area contributed by atoms with E-state index in [-0.39, 0.29) is 5.91 Å². The van der Waals surface area contributed by atoms with E-state index in [1.165, 1.54) is 11.1 Å². The van der Waals surface area contributed by atoms with E-state index in [4.69, 9.17) is 33.2 Å². The predicted octanol–water partition coefficient (Wildman–Crippen LogP) is 3.78. The van der Waals surface area contributed by atoms with E-state index in [1.54, 1.807) is 4.90 Å². The maximum Gasteiger partial charge on any atom is 0.255 e. The SMILES string of the molecule is CCc1nc(C)nc(N2CCCN(C(=O)C(Cl)Cl)CC2)c1Cc1ccccc1. The molecule has 0 saturated carbocycles. The first-order valence-corrected chi connectivity index (χ1v) is 10.6. The second kappa shape index (κ2) is 9.57. The number of hydrogen-bond acceptors (Lipinski definition) is 4. The van der Waals surface area contributed by atoms with Crippen molar-refractivity contribution in [3.05, 3.63) is 53.0 Å². The van der Waals surface area contributed by atoms with Gasteiger partial charge in [-0.25, -0.2) is 9.97 Å². The molecule has 1 saturated heterocycles. The van der Waals surface area contributed by atoms with Crippen molar-refractivity contribution in [3.8, 4) is 0 Å². The summed E-state index contributed by atoms with van der Waals surface area (Å²) in [4.78, 5) is 24.7. The lowest BCUT2D eigenvalue weighted by Crippen LogP contribution is -2.38. The Morgan fingerprint density at radius 1 is 1.11 bits per heavy atom. The van der Waals surface area contributed by atoms with Crippen molar-refractivity contribution in [1.82, 2.24) is 14.9 Å². The molecule has 5 nitrogen and oxygen atoms in total. The van der Waals surface area contributed by atoms with Crippen LogP contribution in [0.3, 0.4) is 0 Å². The molecule has 0 aliphatic carbocycles. The van der Waals surface area contributed by atoms with Gasteiger partial charge in [0.2, 0.25) is 0 Å². The van der Waals surface area contributed by atoms with Crippen molar-refractivity contribution in [2.24, 2.45) is 0 Å². The van der Waals surface area contributed by atoms with E-state index < -0.39 is 4.84 Å². The van der Waals surface area contributed by atoms with Crippen LogP contribution in [0.1, 0.15) is 36.0 Å². The van der Waals surface area contributed by atoms with Crippen LogP contribution in [0.4, 0.5) is 5.82 Å². The smallest absolute Gasteiger partial charge is 0.255 e. The highest BCUT2D eigenvalue weighted by Crippen LogP contribution is 2.26. The highest BCUT2D eigenvalue weighted by atomic mass is 35.5. The van der Waals surface area contributed by atoms with Gasteiger partial charge in [0.05, 0.1) is 0 Å². The van der Waals surface area contributed by atoms with Crippen LogP contribution in [0, 0.1) is 6.92 Å². The van der Waals surface area contributed by atoms with Gasteiger partial charge in [0.15, 0.2) is 4.84 Å². The predicted molar refractivity (Wildman–Crippen MR) is 114 cm³/mol. The first-order valence-electron chi connectivity index (χ1n) is 9.71. The Morgan fingerprint density at radius 3 is 2.54 bits per heavy atom. The number of rotatable bonds is 5. The Labute approximate surface area is 176 Å². The summed E-state index contributed by atoms with van der Waals surface area (Å²) in [6.07, 6.45) is 2.50. The minimum atomic E-state index is -1.01. The molecule has 0 unspecified atom stereocenters. The van der Waals surface area contributed by atoms with Crippen molar-refractivity contribution in [2.45, 2.75) is 37.9 Å². The van der Waals surface area contributed by atoms with Crippen molar-refractivity contribution < 1.29 is 4.79 Å². The molecule has 0 atom stereocenters. The topological polar surface area (TPSA) is 49.3 Å². The van der Waals surface area contributed by atoms with Gasteiger partial charge in [0, 0.05) is 43.9 Å². The highest BCUT2D eigenvalue weighted by Gasteiger charge is 2.25. The fraction of sp³-hybridized carbons (Fsp3) is 0.476. The Balaban J connectivity index is 1.90. The van der Waals surface area contributed by atoms with Gasteiger partial charge >= 0.3 is 0 Å². The van der Waals surface area contributed by atoms with Crippen LogP contribution < -0.4 is 4.90 Å². The molecule has 1 aromatic heterocycles. The van der Waals surface area contributed by atoms with Crippen LogP contribution in [0.15, 0.2) is 30.3 Å². The van der Waals surface area contributed by atoms with E-state index in [2.05, 4.69) is 36.1 Å². The quantitative estimate of drug-likeness (QED) is 0.690. The van der Waals surface area contributed by atoms with E-state index in [9.17, 15) is 4.79 Å². The monoisotopic (exact) mass is 420 g/mol. The molecule has 150 valence electrons. The number of amides is 1. The minimum absolute atomic E-state index is 0.220. The first-order chi connectivity index (χ1) is 13.5. The van der Waals surface area contributed by atoms with Crippen molar-refractivity contribution in [1.29, 1.82) is 0 Å². The lowest BCUT2D eigenvalue weighted by Gasteiger charge is -2.26. The molecule has 0 radical (unpaired) electrons.